The van der Waals surface area contributed by atoms with Crippen molar-refractivity contribution in [2.45, 2.75) is 49.9 Å². The zero-order valence-corrected chi connectivity index (χ0v) is 34.5. The molecule has 1 atom stereocenters. The van der Waals surface area contributed by atoms with Gasteiger partial charge in [0.05, 0.1) is 31.6 Å². The summed E-state index contributed by atoms with van der Waals surface area (Å²) in [6.07, 6.45) is 2.70. The van der Waals surface area contributed by atoms with Crippen LogP contribution in [-0.2, 0) is 33.8 Å². The molecular weight excluding hydrogens is 773 g/mol. The Balaban J connectivity index is 1.19. The number of amides is 3. The largest absolute Gasteiger partial charge is 0.497 e. The number of hydrogen-bond donors (Lipinski definition) is 3. The van der Waals surface area contributed by atoms with Crippen molar-refractivity contribution in [1.29, 1.82) is 0 Å². The number of esters is 1. The minimum atomic E-state index is -0.573. The van der Waals surface area contributed by atoms with Crippen molar-refractivity contribution < 1.29 is 33.4 Å². The normalized spacial score (nSPS) is 13.1. The molecule has 11 nitrogen and oxygen atoms in total. The fourth-order valence-electron chi connectivity index (χ4n) is 6.51. The molecule has 1 aliphatic heterocycles. The maximum atomic E-state index is 13.9. The molecular formula is C45H46N4O7S2. The fraction of sp³-hybridized carbons (Fsp3) is 0.244. The summed E-state index contributed by atoms with van der Waals surface area (Å²) in [6.45, 7) is 6.16. The van der Waals surface area contributed by atoms with Gasteiger partial charge in [0, 0.05) is 46.2 Å². The zero-order chi connectivity index (χ0) is 41.0. The monoisotopic (exact) mass is 818 g/mol. The van der Waals surface area contributed by atoms with Crippen molar-refractivity contribution in [1.82, 2.24) is 10.2 Å². The third kappa shape index (κ3) is 10.5. The number of hydrogen-bond acceptors (Lipinski definition) is 10. The molecule has 5 aromatic rings. The first kappa shape index (κ1) is 41.7. The maximum absolute atomic E-state index is 13.9. The maximum Gasteiger partial charge on any atom is 0.341 e. The summed E-state index contributed by atoms with van der Waals surface area (Å²) in [7, 11) is 3.05. The number of nitrogens with zero attached hydrogens (tertiary/aromatic N) is 1. The lowest BCUT2D eigenvalue weighted by atomic mass is 10.0. The molecule has 3 amide bonds. The minimum Gasteiger partial charge on any atom is -0.497 e. The molecule has 0 aliphatic carbocycles. The van der Waals surface area contributed by atoms with Gasteiger partial charge >= 0.3 is 5.97 Å². The van der Waals surface area contributed by atoms with E-state index in [9.17, 15) is 19.2 Å². The summed E-state index contributed by atoms with van der Waals surface area (Å²) in [6, 6.07) is 31.2. The van der Waals surface area contributed by atoms with Crippen LogP contribution in [0.1, 0.15) is 62.6 Å². The molecule has 3 N–H and O–H groups in total. The number of carbonyl (C=O) groups excluding carboxylic acids is 4. The highest BCUT2D eigenvalue weighted by Gasteiger charge is 2.31. The van der Waals surface area contributed by atoms with Crippen LogP contribution < -0.4 is 25.4 Å². The van der Waals surface area contributed by atoms with Gasteiger partial charge in [-0.15, -0.1) is 23.1 Å². The Bertz CT molecular complexity index is 2280. The van der Waals surface area contributed by atoms with E-state index in [1.165, 1.54) is 49.0 Å². The van der Waals surface area contributed by atoms with Gasteiger partial charge in [0.15, 0.2) is 0 Å². The number of carbonyl (C=O) groups is 4. The van der Waals surface area contributed by atoms with Gasteiger partial charge in [-0.25, -0.2) is 4.79 Å². The smallest absolute Gasteiger partial charge is 0.341 e. The number of benzene rings is 4. The van der Waals surface area contributed by atoms with Crippen molar-refractivity contribution in [3.05, 3.63) is 142 Å². The predicted octanol–water partition coefficient (Wildman–Crippen LogP) is 8.42. The van der Waals surface area contributed by atoms with Gasteiger partial charge in [-0.2, -0.15) is 0 Å². The second-order valence-corrected chi connectivity index (χ2v) is 15.7. The van der Waals surface area contributed by atoms with Gasteiger partial charge in [-0.1, -0.05) is 61.5 Å². The summed E-state index contributed by atoms with van der Waals surface area (Å²) in [4.78, 5) is 58.5. The Labute approximate surface area is 346 Å². The summed E-state index contributed by atoms with van der Waals surface area (Å²) in [5, 5.41) is 8.72. The van der Waals surface area contributed by atoms with Crippen LogP contribution in [-0.4, -0.2) is 61.2 Å². The van der Waals surface area contributed by atoms with Crippen molar-refractivity contribution in [3.8, 4) is 11.5 Å². The molecule has 300 valence electrons. The molecule has 2 heterocycles. The van der Waals surface area contributed by atoms with Crippen LogP contribution in [0.15, 0.2) is 114 Å². The SMILES string of the molecule is CCOC(=O)c1c(NC(=O)C(CC)Sc2cccc(NC(=O)/C(=C\c3cc(OC)ccc3OC)NC(=O)c3ccccc3)c2)sc2c1CCN(Cc1ccccc1)C2. The highest BCUT2D eigenvalue weighted by atomic mass is 32.2. The number of ether oxygens (including phenoxy) is 3. The summed E-state index contributed by atoms with van der Waals surface area (Å²) >= 11 is 2.78. The van der Waals surface area contributed by atoms with E-state index in [-0.39, 0.29) is 18.2 Å². The molecule has 0 bridgehead atoms. The first-order chi connectivity index (χ1) is 28.2. The molecule has 6 rings (SSSR count). The molecule has 4 aromatic carbocycles. The first-order valence-corrected chi connectivity index (χ1v) is 20.7. The lowest BCUT2D eigenvalue weighted by Gasteiger charge is -2.27. The van der Waals surface area contributed by atoms with Crippen molar-refractivity contribution in [3.63, 3.8) is 0 Å². The van der Waals surface area contributed by atoms with E-state index in [0.717, 1.165) is 28.4 Å². The molecule has 13 heteroatoms. The Morgan fingerprint density at radius 3 is 2.34 bits per heavy atom. The molecule has 0 saturated carbocycles. The average Bonchev–Trinajstić information content (AvgIpc) is 3.60. The third-order valence-electron chi connectivity index (χ3n) is 9.40. The van der Waals surface area contributed by atoms with Gasteiger partial charge in [-0.3, -0.25) is 19.3 Å². The highest BCUT2D eigenvalue weighted by Crippen LogP contribution is 2.39. The number of anilines is 2. The van der Waals surface area contributed by atoms with Crippen molar-refractivity contribution >= 4 is 63.6 Å². The second-order valence-electron chi connectivity index (χ2n) is 13.3. The Hall–Kier alpha value is -5.89. The first-order valence-electron chi connectivity index (χ1n) is 19.0. The standard InChI is InChI=1S/C45H46N4O7S2/c1-5-38(43(52)48-44-40(45(53)56-6-2)35-22-23-49(28-39(35)58-44)27-29-14-9-7-10-15-29)57-34-19-13-18-32(26-34)46-42(51)36(47-41(50)30-16-11-8-12-17-30)25-31-24-33(54-3)20-21-37(31)55-4/h7-21,24-26,38H,5-6,22-23,27-28H2,1-4H3,(H,46,51)(H,47,50)(H,48,52)/b36-25+. The molecule has 1 aromatic heterocycles. The van der Waals surface area contributed by atoms with E-state index in [0.29, 0.717) is 58.3 Å². The highest BCUT2D eigenvalue weighted by molar-refractivity contribution is 8.00. The van der Waals surface area contributed by atoms with E-state index in [1.807, 2.05) is 31.2 Å². The van der Waals surface area contributed by atoms with Crippen molar-refractivity contribution in [2.75, 3.05) is 38.0 Å². The van der Waals surface area contributed by atoms with Crippen LogP contribution >= 0.6 is 23.1 Å². The van der Waals surface area contributed by atoms with Gasteiger partial charge in [-0.05, 0) is 85.5 Å². The molecule has 1 unspecified atom stereocenters. The van der Waals surface area contributed by atoms with Gasteiger partial charge < -0.3 is 30.2 Å². The number of rotatable bonds is 16. The topological polar surface area (TPSA) is 135 Å². The quantitative estimate of drug-likeness (QED) is 0.0510. The Morgan fingerprint density at radius 1 is 0.879 bits per heavy atom. The van der Waals surface area contributed by atoms with Crippen LogP contribution in [0, 0.1) is 0 Å². The minimum absolute atomic E-state index is 0.0245. The number of thiophene rings is 1. The molecule has 1 aliphatic rings. The summed E-state index contributed by atoms with van der Waals surface area (Å²) < 4.78 is 16.4. The molecule has 0 radical (unpaired) electrons. The third-order valence-corrected chi connectivity index (χ3v) is 11.9. The van der Waals surface area contributed by atoms with Crippen LogP contribution in [0.25, 0.3) is 6.08 Å². The van der Waals surface area contributed by atoms with E-state index in [1.54, 1.807) is 73.7 Å². The van der Waals surface area contributed by atoms with Gasteiger partial charge in [0.25, 0.3) is 11.8 Å². The summed E-state index contributed by atoms with van der Waals surface area (Å²) in [5.74, 6) is -0.697. The van der Waals surface area contributed by atoms with E-state index < -0.39 is 23.0 Å². The van der Waals surface area contributed by atoms with Gasteiger partial charge in [0.2, 0.25) is 5.91 Å². The zero-order valence-electron chi connectivity index (χ0n) is 32.8. The number of nitrogens with one attached hydrogen (secondary N) is 3. The lowest BCUT2D eigenvalue weighted by Crippen LogP contribution is -2.30. The van der Waals surface area contributed by atoms with Crippen LogP contribution in [0.3, 0.4) is 0 Å². The van der Waals surface area contributed by atoms with Crippen LogP contribution in [0.4, 0.5) is 10.7 Å². The van der Waals surface area contributed by atoms with E-state index in [2.05, 4.69) is 33.0 Å². The number of thioether (sulfide) groups is 1. The summed E-state index contributed by atoms with van der Waals surface area (Å²) in [5.41, 5.74) is 3.92. The Kier molecular flexibility index (Phi) is 14.4. The van der Waals surface area contributed by atoms with Crippen LogP contribution in [0.2, 0.25) is 0 Å². The van der Waals surface area contributed by atoms with E-state index in [4.69, 9.17) is 14.2 Å². The van der Waals surface area contributed by atoms with E-state index >= 15 is 0 Å². The molecule has 58 heavy (non-hydrogen) atoms. The fourth-order valence-corrected chi connectivity index (χ4v) is 8.81. The van der Waals surface area contributed by atoms with Crippen molar-refractivity contribution in [2.24, 2.45) is 0 Å². The average molecular weight is 819 g/mol. The predicted molar refractivity (Wildman–Crippen MR) is 230 cm³/mol. The van der Waals surface area contributed by atoms with Crippen LogP contribution in [0.5, 0.6) is 11.5 Å². The number of fused-ring (bicyclic) bond motifs is 1. The number of methoxy groups -OCH3 is 2. The lowest BCUT2D eigenvalue weighted by molar-refractivity contribution is -0.116. The Morgan fingerprint density at radius 2 is 1.64 bits per heavy atom. The van der Waals surface area contributed by atoms with Gasteiger partial charge in [0.1, 0.15) is 22.2 Å². The second kappa shape index (κ2) is 20.0. The molecule has 0 spiro atoms. The molecule has 0 saturated heterocycles. The molecule has 0 fully saturated rings.